The summed E-state index contributed by atoms with van der Waals surface area (Å²) in [7, 11) is 1.48. The normalized spacial score (nSPS) is 16.0. The second-order valence-electron chi connectivity index (χ2n) is 6.81. The van der Waals surface area contributed by atoms with Crippen molar-refractivity contribution in [1.29, 1.82) is 5.26 Å². The molecule has 0 unspecified atom stereocenters. The van der Waals surface area contributed by atoms with Gasteiger partial charge in [-0.1, -0.05) is 24.3 Å². The van der Waals surface area contributed by atoms with Gasteiger partial charge in [0.25, 0.3) is 5.91 Å². The van der Waals surface area contributed by atoms with Gasteiger partial charge in [0.05, 0.1) is 13.2 Å². The van der Waals surface area contributed by atoms with Crippen molar-refractivity contribution in [3.63, 3.8) is 0 Å². The van der Waals surface area contributed by atoms with Crippen LogP contribution in [0.5, 0.6) is 11.5 Å². The summed E-state index contributed by atoms with van der Waals surface area (Å²) in [6, 6.07) is 13.3. The fraction of sp³-hybridized carbons (Fsp3) is 0.304. The molecule has 1 N–H and O–H groups in total. The Kier molecular flexibility index (Phi) is 7.41. The lowest BCUT2D eigenvalue weighted by molar-refractivity contribution is -0.117. The van der Waals surface area contributed by atoms with Crippen molar-refractivity contribution in [2.75, 3.05) is 20.3 Å². The maximum absolute atomic E-state index is 13.8. The quantitative estimate of drug-likeness (QED) is 0.531. The van der Waals surface area contributed by atoms with E-state index in [1.165, 1.54) is 19.3 Å². The number of methoxy groups -OCH3 is 1. The number of amides is 1. The zero-order chi connectivity index (χ0) is 21.3. The van der Waals surface area contributed by atoms with Crippen molar-refractivity contribution >= 4 is 12.0 Å². The molecule has 0 radical (unpaired) electrons. The van der Waals surface area contributed by atoms with Gasteiger partial charge in [-0.3, -0.25) is 4.79 Å². The van der Waals surface area contributed by atoms with Crippen LogP contribution in [0, 0.1) is 17.1 Å². The van der Waals surface area contributed by atoms with Crippen molar-refractivity contribution < 1.29 is 23.4 Å². The van der Waals surface area contributed by atoms with Crippen molar-refractivity contribution in [2.24, 2.45) is 0 Å². The first kappa shape index (κ1) is 21.3. The van der Waals surface area contributed by atoms with E-state index in [1.54, 1.807) is 36.4 Å². The molecular weight excluding hydrogens is 387 g/mol. The van der Waals surface area contributed by atoms with Gasteiger partial charge in [0, 0.05) is 18.7 Å². The number of hydrogen-bond acceptors (Lipinski definition) is 5. The van der Waals surface area contributed by atoms with Crippen LogP contribution >= 0.6 is 0 Å². The number of nitriles is 1. The molecule has 1 aliphatic rings. The van der Waals surface area contributed by atoms with Crippen LogP contribution in [0.25, 0.3) is 6.08 Å². The van der Waals surface area contributed by atoms with Gasteiger partial charge in [-0.05, 0) is 42.7 Å². The van der Waals surface area contributed by atoms with Crippen LogP contribution in [0.4, 0.5) is 4.39 Å². The molecule has 0 saturated carbocycles. The average molecular weight is 410 g/mol. The summed E-state index contributed by atoms with van der Waals surface area (Å²) in [6.07, 6.45) is 3.36. The molecule has 30 heavy (non-hydrogen) atoms. The molecule has 2 aromatic carbocycles. The largest absolute Gasteiger partial charge is 0.493 e. The van der Waals surface area contributed by atoms with Gasteiger partial charge < -0.3 is 19.5 Å². The van der Waals surface area contributed by atoms with Crippen molar-refractivity contribution in [1.82, 2.24) is 5.32 Å². The van der Waals surface area contributed by atoms with Crippen LogP contribution < -0.4 is 14.8 Å². The van der Waals surface area contributed by atoms with Gasteiger partial charge in [0.15, 0.2) is 11.5 Å². The highest BCUT2D eigenvalue weighted by Gasteiger charge is 2.18. The predicted octanol–water partition coefficient (Wildman–Crippen LogP) is 3.62. The van der Waals surface area contributed by atoms with Crippen molar-refractivity contribution in [3.8, 4) is 17.6 Å². The first-order valence-corrected chi connectivity index (χ1v) is 9.66. The average Bonchev–Trinajstić information content (AvgIpc) is 3.29. The van der Waals surface area contributed by atoms with E-state index in [2.05, 4.69) is 5.32 Å². The summed E-state index contributed by atoms with van der Waals surface area (Å²) >= 11 is 0. The third-order valence-electron chi connectivity index (χ3n) is 4.72. The molecule has 2 aromatic rings. The second kappa shape index (κ2) is 10.4. The number of rotatable bonds is 8. The molecule has 1 aliphatic heterocycles. The second-order valence-corrected chi connectivity index (χ2v) is 6.81. The number of nitrogens with zero attached hydrogens (tertiary/aromatic N) is 1. The van der Waals surface area contributed by atoms with Gasteiger partial charge >= 0.3 is 0 Å². The molecule has 1 heterocycles. The van der Waals surface area contributed by atoms with E-state index in [0.717, 1.165) is 12.8 Å². The Labute approximate surface area is 174 Å². The summed E-state index contributed by atoms with van der Waals surface area (Å²) in [5.74, 6) is 0.0481. The first-order chi connectivity index (χ1) is 14.6. The van der Waals surface area contributed by atoms with Crippen LogP contribution in [-0.2, 0) is 16.1 Å². The van der Waals surface area contributed by atoms with E-state index in [4.69, 9.17) is 14.2 Å². The Morgan fingerprint density at radius 2 is 2.17 bits per heavy atom. The molecular formula is C23H23FN2O4. The predicted molar refractivity (Wildman–Crippen MR) is 109 cm³/mol. The summed E-state index contributed by atoms with van der Waals surface area (Å²) < 4.78 is 30.3. The van der Waals surface area contributed by atoms with Gasteiger partial charge in [0.2, 0.25) is 0 Å². The van der Waals surface area contributed by atoms with Gasteiger partial charge in [-0.15, -0.1) is 0 Å². The van der Waals surface area contributed by atoms with Crippen LogP contribution in [0.1, 0.15) is 24.0 Å². The van der Waals surface area contributed by atoms with Crippen LogP contribution in [0.3, 0.4) is 0 Å². The molecule has 0 aromatic heterocycles. The maximum Gasteiger partial charge on any atom is 0.262 e. The van der Waals surface area contributed by atoms with Crippen LogP contribution in [0.2, 0.25) is 0 Å². The summed E-state index contributed by atoms with van der Waals surface area (Å²) in [6.45, 7) is 1.13. The van der Waals surface area contributed by atoms with Gasteiger partial charge in [0.1, 0.15) is 24.1 Å². The molecule has 3 rings (SSSR count). The Bertz CT molecular complexity index is 962. The number of hydrogen-bond donors (Lipinski definition) is 1. The highest BCUT2D eigenvalue weighted by atomic mass is 19.1. The molecule has 1 amide bonds. The Morgan fingerprint density at radius 3 is 2.87 bits per heavy atom. The standard InChI is InChI=1S/C23H23FN2O4/c1-28-22-12-16(8-9-21(22)30-15-17-5-2-3-7-20(17)24)11-18(13-25)23(27)26-14-19-6-4-10-29-19/h2-3,5,7-9,11-12,19H,4,6,10,14-15H2,1H3,(H,26,27)/b18-11+/t19-/m1/s1. The topological polar surface area (TPSA) is 80.6 Å². The van der Waals surface area contributed by atoms with E-state index < -0.39 is 5.91 Å². The fourth-order valence-corrected chi connectivity index (χ4v) is 3.09. The number of nitrogens with one attached hydrogen (secondary N) is 1. The minimum Gasteiger partial charge on any atom is -0.493 e. The lowest BCUT2D eigenvalue weighted by atomic mass is 10.1. The smallest absolute Gasteiger partial charge is 0.262 e. The number of ether oxygens (including phenoxy) is 3. The Morgan fingerprint density at radius 1 is 1.33 bits per heavy atom. The molecule has 0 bridgehead atoms. The molecule has 1 saturated heterocycles. The van der Waals surface area contributed by atoms with Gasteiger partial charge in [-0.25, -0.2) is 4.39 Å². The zero-order valence-electron chi connectivity index (χ0n) is 16.7. The monoisotopic (exact) mass is 410 g/mol. The van der Waals surface area contributed by atoms with E-state index in [9.17, 15) is 14.4 Å². The Balaban J connectivity index is 1.68. The van der Waals surface area contributed by atoms with Crippen LogP contribution in [0.15, 0.2) is 48.0 Å². The number of carbonyl (C=O) groups is 1. The molecule has 6 nitrogen and oxygen atoms in total. The fourth-order valence-electron chi connectivity index (χ4n) is 3.09. The molecule has 0 spiro atoms. The minimum absolute atomic E-state index is 0.000120. The SMILES string of the molecule is COc1cc(/C=C(\C#N)C(=O)NC[C@H]2CCCO2)ccc1OCc1ccccc1F. The molecule has 156 valence electrons. The number of benzene rings is 2. The summed E-state index contributed by atoms with van der Waals surface area (Å²) in [4.78, 5) is 12.3. The lowest BCUT2D eigenvalue weighted by Crippen LogP contribution is -2.32. The third-order valence-corrected chi connectivity index (χ3v) is 4.72. The summed E-state index contributed by atoms with van der Waals surface area (Å²) in [5, 5.41) is 12.1. The molecule has 0 aliphatic carbocycles. The van der Waals surface area contributed by atoms with Crippen LogP contribution in [-0.4, -0.2) is 32.3 Å². The number of carbonyl (C=O) groups excluding carboxylic acids is 1. The number of halogens is 1. The van der Waals surface area contributed by atoms with Crippen molar-refractivity contribution in [3.05, 3.63) is 65.0 Å². The molecule has 1 fully saturated rings. The summed E-state index contributed by atoms with van der Waals surface area (Å²) in [5.41, 5.74) is 1.02. The highest BCUT2D eigenvalue weighted by Crippen LogP contribution is 2.30. The van der Waals surface area contributed by atoms with E-state index in [0.29, 0.717) is 35.8 Å². The molecule has 7 heteroatoms. The first-order valence-electron chi connectivity index (χ1n) is 9.66. The highest BCUT2D eigenvalue weighted by molar-refractivity contribution is 6.01. The maximum atomic E-state index is 13.8. The van der Waals surface area contributed by atoms with Crippen molar-refractivity contribution in [2.45, 2.75) is 25.6 Å². The molecule has 1 atom stereocenters. The third kappa shape index (κ3) is 5.58. The zero-order valence-corrected chi connectivity index (χ0v) is 16.7. The Hall–Kier alpha value is -3.37. The van der Waals surface area contributed by atoms with E-state index >= 15 is 0 Å². The van der Waals surface area contributed by atoms with E-state index in [-0.39, 0.29) is 24.1 Å². The lowest BCUT2D eigenvalue weighted by Gasteiger charge is -2.12. The van der Waals surface area contributed by atoms with E-state index in [1.807, 2.05) is 6.07 Å². The van der Waals surface area contributed by atoms with Gasteiger partial charge in [-0.2, -0.15) is 5.26 Å². The minimum atomic E-state index is -0.452.